The Bertz CT molecular complexity index is 1060. The Morgan fingerprint density at radius 1 is 1.00 bits per heavy atom. The normalized spacial score (nSPS) is 22.8. The van der Waals surface area contributed by atoms with E-state index in [4.69, 9.17) is 0 Å². The van der Waals surface area contributed by atoms with Gasteiger partial charge in [-0.15, -0.1) is 0 Å². The van der Waals surface area contributed by atoms with Crippen LogP contribution < -0.4 is 10.6 Å². The van der Waals surface area contributed by atoms with Crippen molar-refractivity contribution in [3.63, 3.8) is 0 Å². The molecule has 30 heavy (non-hydrogen) atoms. The van der Waals surface area contributed by atoms with E-state index in [9.17, 15) is 13.2 Å². The van der Waals surface area contributed by atoms with Crippen molar-refractivity contribution in [3.05, 3.63) is 53.1 Å². The number of carbonyl (C=O) groups is 1. The highest BCUT2D eigenvalue weighted by atomic mass is 32.2. The third-order valence-electron chi connectivity index (χ3n) is 6.80. The van der Waals surface area contributed by atoms with Crippen molar-refractivity contribution in [1.29, 1.82) is 0 Å². The van der Waals surface area contributed by atoms with Gasteiger partial charge in [0.2, 0.25) is 15.7 Å². The van der Waals surface area contributed by atoms with Gasteiger partial charge in [-0.3, -0.25) is 4.79 Å². The van der Waals surface area contributed by atoms with Crippen LogP contribution in [0, 0.1) is 32.6 Å². The van der Waals surface area contributed by atoms with Crippen LogP contribution in [0.1, 0.15) is 42.4 Å². The highest BCUT2D eigenvalue weighted by Gasteiger charge is 2.40. The topological polar surface area (TPSA) is 75.3 Å². The Balaban J connectivity index is 1.54. The zero-order valence-electron chi connectivity index (χ0n) is 17.9. The summed E-state index contributed by atoms with van der Waals surface area (Å²) in [5.41, 5.74) is 3.08. The zero-order chi connectivity index (χ0) is 21.5. The van der Waals surface area contributed by atoms with E-state index < -0.39 is 9.84 Å². The van der Waals surface area contributed by atoms with Crippen LogP contribution in [0.4, 0.5) is 5.69 Å². The first-order chi connectivity index (χ1) is 14.3. The van der Waals surface area contributed by atoms with Crippen LogP contribution in [0.3, 0.4) is 0 Å². The van der Waals surface area contributed by atoms with Gasteiger partial charge in [-0.2, -0.15) is 0 Å². The molecule has 0 heterocycles. The van der Waals surface area contributed by atoms with Gasteiger partial charge >= 0.3 is 0 Å². The molecule has 2 aromatic rings. The van der Waals surface area contributed by atoms with Crippen molar-refractivity contribution < 1.29 is 13.2 Å². The van der Waals surface area contributed by atoms with E-state index >= 15 is 0 Å². The molecule has 0 aliphatic heterocycles. The molecule has 4 rings (SSSR count). The van der Waals surface area contributed by atoms with Crippen LogP contribution >= 0.6 is 0 Å². The van der Waals surface area contributed by atoms with Crippen LogP contribution in [0.5, 0.6) is 0 Å². The lowest BCUT2D eigenvalue weighted by molar-refractivity contribution is -0.120. The number of rotatable bonds is 6. The number of amides is 1. The van der Waals surface area contributed by atoms with Gasteiger partial charge in [-0.25, -0.2) is 8.42 Å². The Morgan fingerprint density at radius 2 is 1.73 bits per heavy atom. The maximum absolute atomic E-state index is 13.4. The summed E-state index contributed by atoms with van der Waals surface area (Å²) in [4.78, 5) is 13.1. The summed E-state index contributed by atoms with van der Waals surface area (Å²) in [6.45, 7) is 5.70. The van der Waals surface area contributed by atoms with Gasteiger partial charge in [0.1, 0.15) is 0 Å². The number of benzene rings is 2. The minimum atomic E-state index is -3.71. The minimum absolute atomic E-state index is 0.0623. The lowest BCUT2D eigenvalue weighted by Gasteiger charge is -2.23. The number of nitrogens with one attached hydrogen (secondary N) is 2. The maximum Gasteiger partial charge on any atom is 0.239 e. The number of aryl methyl sites for hydroxylation is 2. The molecule has 2 fully saturated rings. The first-order valence-electron chi connectivity index (χ1n) is 10.7. The molecule has 5 nitrogen and oxygen atoms in total. The van der Waals surface area contributed by atoms with Crippen LogP contribution in [-0.4, -0.2) is 26.9 Å². The Morgan fingerprint density at radius 3 is 2.37 bits per heavy atom. The molecule has 0 aromatic heterocycles. The second kappa shape index (κ2) is 8.06. The fourth-order valence-corrected chi connectivity index (χ4v) is 6.69. The van der Waals surface area contributed by atoms with E-state index in [1.165, 1.54) is 19.3 Å². The van der Waals surface area contributed by atoms with Crippen molar-refractivity contribution in [1.82, 2.24) is 5.32 Å². The molecule has 0 saturated heterocycles. The summed E-state index contributed by atoms with van der Waals surface area (Å²) in [6.07, 6.45) is 4.80. The summed E-state index contributed by atoms with van der Waals surface area (Å²) in [7, 11) is -3.71. The average molecular weight is 427 g/mol. The lowest BCUT2D eigenvalue weighted by Crippen LogP contribution is -2.41. The predicted octanol–water partition coefficient (Wildman–Crippen LogP) is 4.16. The van der Waals surface area contributed by atoms with Crippen molar-refractivity contribution >= 4 is 21.4 Å². The van der Waals surface area contributed by atoms with E-state index in [0.29, 0.717) is 17.2 Å². The van der Waals surface area contributed by atoms with E-state index in [1.54, 1.807) is 30.3 Å². The fraction of sp³-hybridized carbons (Fsp3) is 0.458. The number of hydrogen-bond donors (Lipinski definition) is 2. The highest BCUT2D eigenvalue weighted by molar-refractivity contribution is 7.91. The lowest BCUT2D eigenvalue weighted by atomic mass is 9.95. The molecule has 2 bridgehead atoms. The van der Waals surface area contributed by atoms with E-state index in [0.717, 1.165) is 23.5 Å². The van der Waals surface area contributed by atoms with Gasteiger partial charge in [0.25, 0.3) is 0 Å². The third-order valence-corrected chi connectivity index (χ3v) is 8.76. The third kappa shape index (κ3) is 3.97. The molecule has 2 saturated carbocycles. The van der Waals surface area contributed by atoms with E-state index in [-0.39, 0.29) is 28.3 Å². The molecule has 0 spiro atoms. The molecule has 2 N–H and O–H groups in total. The zero-order valence-corrected chi connectivity index (χ0v) is 18.7. The number of fused-ring (bicyclic) bond motifs is 2. The number of carbonyl (C=O) groups excluding carboxylic acids is 1. The summed E-state index contributed by atoms with van der Waals surface area (Å²) >= 11 is 0. The smallest absolute Gasteiger partial charge is 0.239 e. The van der Waals surface area contributed by atoms with Crippen molar-refractivity contribution in [2.24, 2.45) is 11.8 Å². The summed E-state index contributed by atoms with van der Waals surface area (Å²) in [6, 6.07) is 10.8. The molecule has 3 unspecified atom stereocenters. The van der Waals surface area contributed by atoms with Gasteiger partial charge < -0.3 is 10.6 Å². The summed E-state index contributed by atoms with van der Waals surface area (Å²) in [5.74, 6) is 1.29. The fourth-order valence-electron chi connectivity index (χ4n) is 4.97. The van der Waals surface area contributed by atoms with Crippen LogP contribution in [0.2, 0.25) is 0 Å². The van der Waals surface area contributed by atoms with E-state index in [2.05, 4.69) is 10.6 Å². The molecule has 3 atom stereocenters. The summed E-state index contributed by atoms with van der Waals surface area (Å²) in [5, 5.41) is 6.25. The van der Waals surface area contributed by atoms with Crippen molar-refractivity contribution in [2.75, 3.05) is 11.9 Å². The molecule has 1 amide bonds. The van der Waals surface area contributed by atoms with Gasteiger partial charge in [0, 0.05) is 6.04 Å². The van der Waals surface area contributed by atoms with Crippen molar-refractivity contribution in [3.8, 4) is 0 Å². The first kappa shape index (κ1) is 20.9. The van der Waals surface area contributed by atoms with E-state index in [1.807, 2.05) is 26.8 Å². The predicted molar refractivity (Wildman–Crippen MR) is 118 cm³/mol. The molecule has 2 aliphatic carbocycles. The molecule has 6 heteroatoms. The van der Waals surface area contributed by atoms with Gasteiger partial charge in [-0.05, 0) is 81.2 Å². The Kier molecular flexibility index (Phi) is 5.62. The van der Waals surface area contributed by atoms with Crippen LogP contribution in [0.15, 0.2) is 46.2 Å². The standard InChI is InChI=1S/C24H30N2O3S/c1-15-4-9-20(10-5-15)30(28,29)24-17(3)16(2)6-11-21(24)25-14-23(27)26-22-13-18-7-8-19(22)12-18/h4-6,9-11,18-19,22,25H,7-8,12-14H2,1-3H3,(H,26,27). The highest BCUT2D eigenvalue weighted by Crippen LogP contribution is 2.44. The second-order valence-electron chi connectivity index (χ2n) is 8.90. The number of hydrogen-bond acceptors (Lipinski definition) is 4. The van der Waals surface area contributed by atoms with Crippen molar-refractivity contribution in [2.45, 2.75) is 62.3 Å². The second-order valence-corrected chi connectivity index (χ2v) is 10.8. The molecular formula is C24H30N2O3S. The molecular weight excluding hydrogens is 396 g/mol. The SMILES string of the molecule is Cc1ccc(S(=O)(=O)c2c(NCC(=O)NC3CC4CCC3C4)ccc(C)c2C)cc1. The number of sulfone groups is 1. The first-order valence-corrected chi connectivity index (χ1v) is 12.2. The molecule has 160 valence electrons. The largest absolute Gasteiger partial charge is 0.375 e. The number of anilines is 1. The maximum atomic E-state index is 13.4. The quantitative estimate of drug-likeness (QED) is 0.727. The molecule has 2 aromatic carbocycles. The molecule has 0 radical (unpaired) electrons. The summed E-state index contributed by atoms with van der Waals surface area (Å²) < 4.78 is 26.8. The van der Waals surface area contributed by atoms with Crippen LogP contribution in [0.25, 0.3) is 0 Å². The van der Waals surface area contributed by atoms with Crippen LogP contribution in [-0.2, 0) is 14.6 Å². The minimum Gasteiger partial charge on any atom is -0.375 e. The monoisotopic (exact) mass is 426 g/mol. The van der Waals surface area contributed by atoms with Gasteiger partial charge in [0.05, 0.1) is 22.0 Å². The van der Waals surface area contributed by atoms with Gasteiger partial charge in [0.15, 0.2) is 0 Å². The van der Waals surface area contributed by atoms with Gasteiger partial charge in [-0.1, -0.05) is 30.2 Å². The molecule has 2 aliphatic rings. The Labute approximate surface area is 179 Å². The Hall–Kier alpha value is -2.34. The average Bonchev–Trinajstić information content (AvgIpc) is 3.32.